The minimum atomic E-state index is -0.535. The first kappa shape index (κ1) is 16.8. The number of nitrogens with one attached hydrogen (secondary N) is 1. The predicted molar refractivity (Wildman–Crippen MR) is 86.8 cm³/mol. The Balaban J connectivity index is 1.78. The second kappa shape index (κ2) is 8.79. The maximum atomic E-state index is 12.0. The molecule has 4 nitrogen and oxygen atoms in total. The van der Waals surface area contributed by atoms with Crippen molar-refractivity contribution >= 4 is 5.91 Å². The lowest BCUT2D eigenvalue weighted by Gasteiger charge is -2.21. The standard InChI is InChI=1S/C18H27NO3/c1-14(20)15-8-7-11-17(12-15)22-13-18(21)19-16-9-5-3-2-4-6-10-16/h7-8,11-12,14,16,20H,2-6,9-10,13H2,1H3,(H,19,21). The van der Waals surface area contributed by atoms with Gasteiger partial charge in [-0.05, 0) is 37.5 Å². The van der Waals surface area contributed by atoms with E-state index in [0.717, 1.165) is 18.4 Å². The lowest BCUT2D eigenvalue weighted by molar-refractivity contribution is -0.123. The number of carbonyl (C=O) groups is 1. The molecule has 2 rings (SSSR count). The highest BCUT2D eigenvalue weighted by Crippen LogP contribution is 2.19. The maximum absolute atomic E-state index is 12.0. The summed E-state index contributed by atoms with van der Waals surface area (Å²) in [4.78, 5) is 12.0. The third-order valence-electron chi connectivity index (χ3n) is 4.18. The summed E-state index contributed by atoms with van der Waals surface area (Å²) < 4.78 is 5.53. The van der Waals surface area contributed by atoms with E-state index in [9.17, 15) is 9.90 Å². The Bertz CT molecular complexity index is 465. The van der Waals surface area contributed by atoms with E-state index in [4.69, 9.17) is 4.74 Å². The van der Waals surface area contributed by atoms with Gasteiger partial charge in [-0.15, -0.1) is 0 Å². The number of rotatable bonds is 5. The van der Waals surface area contributed by atoms with Crippen molar-refractivity contribution in [2.24, 2.45) is 0 Å². The van der Waals surface area contributed by atoms with E-state index in [1.54, 1.807) is 19.1 Å². The van der Waals surface area contributed by atoms with Gasteiger partial charge in [-0.2, -0.15) is 0 Å². The molecule has 1 amide bonds. The van der Waals surface area contributed by atoms with Gasteiger partial charge < -0.3 is 15.2 Å². The third kappa shape index (κ3) is 5.68. The number of ether oxygens (including phenoxy) is 1. The summed E-state index contributed by atoms with van der Waals surface area (Å²) >= 11 is 0. The molecule has 2 N–H and O–H groups in total. The van der Waals surface area contributed by atoms with Gasteiger partial charge in [0.05, 0.1) is 6.10 Å². The van der Waals surface area contributed by atoms with Gasteiger partial charge in [0.1, 0.15) is 5.75 Å². The molecule has 1 saturated carbocycles. The molecule has 1 aliphatic carbocycles. The topological polar surface area (TPSA) is 58.6 Å². The van der Waals surface area contributed by atoms with Crippen LogP contribution >= 0.6 is 0 Å². The number of aliphatic hydroxyl groups is 1. The molecule has 0 saturated heterocycles. The van der Waals surface area contributed by atoms with Crippen LogP contribution in [0, 0.1) is 0 Å². The number of hydrogen-bond acceptors (Lipinski definition) is 3. The van der Waals surface area contributed by atoms with E-state index in [1.165, 1.54) is 32.1 Å². The van der Waals surface area contributed by atoms with Crippen molar-refractivity contribution in [3.8, 4) is 5.75 Å². The molecule has 1 aromatic rings. The van der Waals surface area contributed by atoms with Crippen molar-refractivity contribution in [1.29, 1.82) is 0 Å². The molecule has 1 fully saturated rings. The monoisotopic (exact) mass is 305 g/mol. The van der Waals surface area contributed by atoms with Crippen LogP contribution in [-0.4, -0.2) is 23.7 Å². The SMILES string of the molecule is CC(O)c1cccc(OCC(=O)NC2CCCCCCC2)c1. The van der Waals surface area contributed by atoms with Crippen LogP contribution in [0.1, 0.15) is 63.5 Å². The normalized spacial score (nSPS) is 18.1. The predicted octanol–water partition coefficient (Wildman–Crippen LogP) is 3.35. The third-order valence-corrected chi connectivity index (χ3v) is 4.18. The number of hydrogen-bond donors (Lipinski definition) is 2. The summed E-state index contributed by atoms with van der Waals surface area (Å²) in [6.45, 7) is 1.74. The molecule has 122 valence electrons. The van der Waals surface area contributed by atoms with E-state index in [-0.39, 0.29) is 12.5 Å². The van der Waals surface area contributed by atoms with Crippen molar-refractivity contribution in [3.05, 3.63) is 29.8 Å². The fourth-order valence-electron chi connectivity index (χ4n) is 2.88. The van der Waals surface area contributed by atoms with Gasteiger partial charge in [0.2, 0.25) is 0 Å². The fourth-order valence-corrected chi connectivity index (χ4v) is 2.88. The highest BCUT2D eigenvalue weighted by molar-refractivity contribution is 5.77. The van der Waals surface area contributed by atoms with Crippen LogP contribution in [0.5, 0.6) is 5.75 Å². The van der Waals surface area contributed by atoms with Crippen LogP contribution in [0.2, 0.25) is 0 Å². The molecule has 0 bridgehead atoms. The Labute approximate surface area is 132 Å². The van der Waals surface area contributed by atoms with Gasteiger partial charge in [0, 0.05) is 6.04 Å². The van der Waals surface area contributed by atoms with Gasteiger partial charge in [0.25, 0.3) is 5.91 Å². The maximum Gasteiger partial charge on any atom is 0.258 e. The quantitative estimate of drug-likeness (QED) is 0.877. The average Bonchev–Trinajstić information content (AvgIpc) is 2.48. The Kier molecular flexibility index (Phi) is 6.72. The molecule has 1 aromatic carbocycles. The summed E-state index contributed by atoms with van der Waals surface area (Å²) in [5, 5.41) is 12.6. The first-order chi connectivity index (χ1) is 10.6. The van der Waals surface area contributed by atoms with Crippen LogP contribution in [0.4, 0.5) is 0 Å². The molecule has 0 radical (unpaired) electrons. The van der Waals surface area contributed by atoms with E-state index in [2.05, 4.69) is 5.32 Å². The van der Waals surface area contributed by atoms with Crippen LogP contribution in [-0.2, 0) is 4.79 Å². The molecular weight excluding hydrogens is 278 g/mol. The van der Waals surface area contributed by atoms with E-state index < -0.39 is 6.10 Å². The average molecular weight is 305 g/mol. The number of benzene rings is 1. The highest BCUT2D eigenvalue weighted by atomic mass is 16.5. The van der Waals surface area contributed by atoms with E-state index in [1.807, 2.05) is 12.1 Å². The summed E-state index contributed by atoms with van der Waals surface area (Å²) in [7, 11) is 0. The van der Waals surface area contributed by atoms with Gasteiger partial charge in [-0.1, -0.05) is 44.2 Å². The van der Waals surface area contributed by atoms with Crippen molar-refractivity contribution in [2.75, 3.05) is 6.61 Å². The van der Waals surface area contributed by atoms with E-state index >= 15 is 0 Å². The molecule has 0 heterocycles. The summed E-state index contributed by atoms with van der Waals surface area (Å²) in [5.74, 6) is 0.555. The molecule has 0 aromatic heterocycles. The van der Waals surface area contributed by atoms with Crippen molar-refractivity contribution < 1.29 is 14.6 Å². The van der Waals surface area contributed by atoms with Crippen molar-refractivity contribution in [2.45, 2.75) is 64.0 Å². The molecular formula is C18H27NO3. The van der Waals surface area contributed by atoms with Crippen LogP contribution in [0.3, 0.4) is 0 Å². The molecule has 1 atom stereocenters. The molecule has 1 unspecified atom stereocenters. The Morgan fingerprint density at radius 1 is 1.27 bits per heavy atom. The second-order valence-electron chi connectivity index (χ2n) is 6.15. The summed E-state index contributed by atoms with van der Waals surface area (Å²) in [6, 6.07) is 7.53. The smallest absolute Gasteiger partial charge is 0.258 e. The lowest BCUT2D eigenvalue weighted by atomic mass is 9.97. The fraction of sp³-hybridized carbons (Fsp3) is 0.611. The number of carbonyl (C=O) groups excluding carboxylic acids is 1. The lowest BCUT2D eigenvalue weighted by Crippen LogP contribution is -2.38. The van der Waals surface area contributed by atoms with Gasteiger partial charge >= 0.3 is 0 Å². The van der Waals surface area contributed by atoms with Gasteiger partial charge in [0.15, 0.2) is 6.61 Å². The Hall–Kier alpha value is -1.55. The Morgan fingerprint density at radius 2 is 1.95 bits per heavy atom. The van der Waals surface area contributed by atoms with Gasteiger partial charge in [-0.25, -0.2) is 0 Å². The second-order valence-corrected chi connectivity index (χ2v) is 6.15. The van der Waals surface area contributed by atoms with Crippen molar-refractivity contribution in [3.63, 3.8) is 0 Å². The van der Waals surface area contributed by atoms with Crippen LogP contribution in [0.15, 0.2) is 24.3 Å². The molecule has 22 heavy (non-hydrogen) atoms. The first-order valence-electron chi connectivity index (χ1n) is 8.35. The van der Waals surface area contributed by atoms with Gasteiger partial charge in [-0.3, -0.25) is 4.79 Å². The molecule has 1 aliphatic rings. The Morgan fingerprint density at radius 3 is 2.64 bits per heavy atom. The zero-order chi connectivity index (χ0) is 15.8. The minimum Gasteiger partial charge on any atom is -0.484 e. The molecule has 4 heteroatoms. The molecule has 0 aliphatic heterocycles. The molecule has 0 spiro atoms. The summed E-state index contributed by atoms with van der Waals surface area (Å²) in [5.41, 5.74) is 0.790. The zero-order valence-electron chi connectivity index (χ0n) is 13.4. The van der Waals surface area contributed by atoms with Crippen molar-refractivity contribution in [1.82, 2.24) is 5.32 Å². The largest absolute Gasteiger partial charge is 0.484 e. The number of aliphatic hydroxyl groups excluding tert-OH is 1. The minimum absolute atomic E-state index is 0.0275. The van der Waals surface area contributed by atoms with Crippen LogP contribution < -0.4 is 10.1 Å². The summed E-state index contributed by atoms with van der Waals surface area (Å²) in [6.07, 6.45) is 7.87. The van der Waals surface area contributed by atoms with Crippen LogP contribution in [0.25, 0.3) is 0 Å². The highest BCUT2D eigenvalue weighted by Gasteiger charge is 2.14. The van der Waals surface area contributed by atoms with E-state index in [0.29, 0.717) is 11.8 Å². The number of amides is 1. The zero-order valence-corrected chi connectivity index (χ0v) is 13.4. The first-order valence-corrected chi connectivity index (χ1v) is 8.35.